The molecule has 0 aromatic carbocycles. The maximum Gasteiger partial charge on any atom is 0.163 e. The smallest absolute Gasteiger partial charge is 0.163 e. The Kier molecular flexibility index (Phi) is 15.7. The number of aliphatic hydroxyl groups excluding tert-OH is 2. The summed E-state index contributed by atoms with van der Waals surface area (Å²) in [5.74, 6) is 5.07. The van der Waals surface area contributed by atoms with Crippen LogP contribution in [0.2, 0.25) is 0 Å². The highest BCUT2D eigenvalue weighted by Crippen LogP contribution is 2.72. The first-order chi connectivity index (χ1) is 37.8. The lowest BCUT2D eigenvalue weighted by molar-refractivity contribution is -0.210. The lowest BCUT2D eigenvalue weighted by Gasteiger charge is -2.63. The van der Waals surface area contributed by atoms with Crippen molar-refractivity contribution in [2.24, 2.45) is 120 Å². The summed E-state index contributed by atoms with van der Waals surface area (Å²) in [7, 11) is 0. The Morgan fingerprint density at radius 2 is 0.815 bits per heavy atom. The number of allylic oxidation sites excluding steroid dienone is 3. The molecule has 0 amide bonds. The van der Waals surface area contributed by atoms with Crippen molar-refractivity contribution in [2.45, 2.75) is 270 Å². The third-order valence-electron chi connectivity index (χ3n) is 28.1. The molecule has 2 aliphatic heterocycles. The van der Waals surface area contributed by atoms with Crippen LogP contribution in [0.3, 0.4) is 0 Å². The zero-order valence-corrected chi connectivity index (χ0v) is 52.3. The van der Waals surface area contributed by atoms with Gasteiger partial charge in [-0.25, -0.2) is 0 Å². The van der Waals surface area contributed by atoms with Crippen LogP contribution in [0, 0.1) is 104 Å². The van der Waals surface area contributed by atoms with Crippen molar-refractivity contribution >= 4 is 12.4 Å². The molecule has 0 bridgehead atoms. The van der Waals surface area contributed by atoms with Crippen LogP contribution in [0.4, 0.5) is 0 Å². The Morgan fingerprint density at radius 3 is 1.23 bits per heavy atom. The van der Waals surface area contributed by atoms with Gasteiger partial charge in [-0.15, -0.1) is 29.6 Å². The summed E-state index contributed by atoms with van der Waals surface area (Å²) in [5, 5.41) is 26.2. The SMILES string of the molecule is C=C=C1CCC2C3C(CC[C@]12C)[C@@]1(C)CC[C@H](N)CC1[C@@H](O)[C@@H]3O.C=C=C1CCC2C3C(CC[C@]12C)[C@@]1(C)CC[C@H](N)CC1[C@H]1OC(C)(C)O[C@H]31.C=C=C1CCC2C3C(CC[C@]12C)[C@@]1(C)CC[C@H](N=[N+]=[N-])CC1[C@H]1OC(C)(C)O[C@H]31.Cl. The molecule has 2 heterocycles. The maximum atomic E-state index is 11.1. The van der Waals surface area contributed by atoms with Gasteiger partial charge in [0, 0.05) is 23.0 Å². The van der Waals surface area contributed by atoms with Crippen LogP contribution in [0.25, 0.3) is 10.4 Å². The molecule has 6 N–H and O–H groups in total. The molecule has 2 saturated heterocycles. The van der Waals surface area contributed by atoms with Crippen molar-refractivity contribution in [1.29, 1.82) is 0 Å². The van der Waals surface area contributed by atoms with Crippen molar-refractivity contribution in [3.8, 4) is 0 Å². The first-order valence-electron chi connectivity index (χ1n) is 32.6. The van der Waals surface area contributed by atoms with Crippen molar-refractivity contribution in [3.63, 3.8) is 0 Å². The first kappa shape index (κ1) is 60.5. The minimum Gasteiger partial charge on any atom is -0.390 e. The molecule has 12 saturated carbocycles. The second kappa shape index (κ2) is 21.0. The van der Waals surface area contributed by atoms with Crippen LogP contribution in [-0.4, -0.2) is 76.5 Å². The van der Waals surface area contributed by atoms with E-state index in [9.17, 15) is 10.2 Å². The molecule has 0 spiro atoms. The Hall–Kier alpha value is -2.16. The zero-order valence-electron chi connectivity index (χ0n) is 51.5. The molecule has 12 aliphatic carbocycles. The van der Waals surface area contributed by atoms with Crippen molar-refractivity contribution in [1.82, 2.24) is 0 Å². The van der Waals surface area contributed by atoms with Crippen LogP contribution in [-0.2, 0) is 18.9 Å². The Morgan fingerprint density at radius 1 is 0.457 bits per heavy atom. The van der Waals surface area contributed by atoms with Crippen LogP contribution in [0.1, 0.15) is 204 Å². The number of hydrogen-bond donors (Lipinski definition) is 4. The molecule has 27 atom stereocenters. The molecule has 0 aromatic heterocycles. The number of fused-ring (bicyclic) bond motifs is 21. The van der Waals surface area contributed by atoms with Gasteiger partial charge in [-0.1, -0.05) is 66.4 Å². The van der Waals surface area contributed by atoms with E-state index in [1.807, 2.05) is 0 Å². The van der Waals surface area contributed by atoms with E-state index in [1.165, 1.54) is 74.5 Å². The van der Waals surface area contributed by atoms with E-state index in [0.717, 1.165) is 83.0 Å². The fourth-order valence-corrected chi connectivity index (χ4v) is 24.2. The van der Waals surface area contributed by atoms with E-state index in [1.54, 1.807) is 0 Å². The molecule has 11 nitrogen and oxygen atoms in total. The fourth-order valence-electron chi connectivity index (χ4n) is 24.2. The zero-order chi connectivity index (χ0) is 57.1. The topological polar surface area (TPSA) is 178 Å². The Bertz CT molecular complexity index is 2650. The quantitative estimate of drug-likeness (QED) is 0.0867. The summed E-state index contributed by atoms with van der Waals surface area (Å²) >= 11 is 0. The van der Waals surface area contributed by atoms with Crippen LogP contribution in [0.15, 0.2) is 58.8 Å². The highest BCUT2D eigenvalue weighted by atomic mass is 35.5. The van der Waals surface area contributed by atoms with Crippen LogP contribution >= 0.6 is 12.4 Å². The predicted octanol–water partition coefficient (Wildman–Crippen LogP) is 14.4. The number of ether oxygens (including phenoxy) is 4. The van der Waals surface area contributed by atoms with Crippen LogP contribution in [0.5, 0.6) is 0 Å². The minimum absolute atomic E-state index is 0. The summed E-state index contributed by atoms with van der Waals surface area (Å²) in [4.78, 5) is 3.12. The number of rotatable bonds is 1. The van der Waals surface area contributed by atoms with E-state index >= 15 is 0 Å². The van der Waals surface area contributed by atoms with Gasteiger partial charge < -0.3 is 40.6 Å². The molecular formula is C69H106ClN5O6. The minimum atomic E-state index is -0.623. The van der Waals surface area contributed by atoms with E-state index < -0.39 is 23.8 Å². The maximum absolute atomic E-state index is 11.1. The van der Waals surface area contributed by atoms with Crippen LogP contribution < -0.4 is 11.5 Å². The standard InChI is InChI=1S/C24H35N3O2.C24H37NO2.C21H33NO2.ClH/c1-6-14-7-8-16-19-17(10-12-23(14,16)4)24(5)11-9-15(26-27-25)13-18(24)20-21(19)29-22(2,3)28-20;1-6-14-7-8-16-19-17(10-12-23(14,16)4)24(5)11-9-15(25)13-18(24)20-21(19)27-22(2,3)26-20;1-4-12-5-6-14-17-15(8-10-20(12,14)2)21(3)9-7-13(22)11-16(21)18(23)19(17)24;/h15-21H,1,7-13H2,2-5H3;15-21H,1,7-13,25H2,2-5H3;13-19,23-24H,1,5-11,22H2,2-3H3;1H/t2*15-,16?,17?,18?,19?,20+,21+,23+,24+;13-,14?,15?,16?,17?,18+,19+,20+,21+;/m000./s1. The third kappa shape index (κ3) is 9.10. The Labute approximate surface area is 493 Å². The number of hydrogen-bond acceptors (Lipinski definition) is 9. The van der Waals surface area contributed by atoms with Gasteiger partial charge in [-0.05, 0) is 288 Å². The molecule has 0 aromatic rings. The molecule has 81 heavy (non-hydrogen) atoms. The van der Waals surface area contributed by atoms with E-state index in [2.05, 4.69) is 116 Å². The molecule has 12 unspecified atom stereocenters. The van der Waals surface area contributed by atoms with Crippen molar-refractivity contribution in [3.05, 3.63) is 64.1 Å². The fraction of sp³-hybridized carbons (Fsp3) is 0.870. The molecule has 14 aliphatic rings. The average molecular weight is 1140 g/mol. The van der Waals surface area contributed by atoms with Gasteiger partial charge in [0.25, 0.3) is 0 Å². The van der Waals surface area contributed by atoms with E-state index in [0.29, 0.717) is 64.7 Å². The lowest BCUT2D eigenvalue weighted by atomic mass is 9.43. The average Bonchev–Trinajstić information content (AvgIpc) is 4.40. The number of nitrogens with zero attached hydrogens (tertiary/aromatic N) is 3. The third-order valence-corrected chi connectivity index (χ3v) is 28.1. The molecule has 450 valence electrons. The largest absolute Gasteiger partial charge is 0.390 e. The molecule has 14 fully saturated rings. The summed E-state index contributed by atoms with van der Waals surface area (Å²) in [6.45, 7) is 35.0. The molecular weight excluding hydrogens is 1030 g/mol. The van der Waals surface area contributed by atoms with E-state index in [4.69, 9.17) is 35.9 Å². The molecule has 14 rings (SSSR count). The van der Waals surface area contributed by atoms with Gasteiger partial charge in [-0.2, -0.15) is 0 Å². The molecule has 12 heteroatoms. The van der Waals surface area contributed by atoms with Gasteiger partial charge in [0.2, 0.25) is 0 Å². The lowest BCUT2D eigenvalue weighted by Crippen LogP contribution is -2.64. The summed E-state index contributed by atoms with van der Waals surface area (Å²) in [5.41, 5.74) is 37.1. The second-order valence-electron chi connectivity index (χ2n) is 32.0. The van der Waals surface area contributed by atoms with Gasteiger partial charge in [-0.3, -0.25) is 0 Å². The summed E-state index contributed by atoms with van der Waals surface area (Å²) in [6.07, 6.45) is 23.4. The first-order valence-corrected chi connectivity index (χ1v) is 32.6. The van der Waals surface area contributed by atoms with Gasteiger partial charge in [0.15, 0.2) is 11.6 Å². The number of aliphatic hydroxyl groups is 2. The number of azide groups is 1. The highest BCUT2D eigenvalue weighted by Gasteiger charge is 2.71. The summed E-state index contributed by atoms with van der Waals surface area (Å²) in [6, 6.07) is 0.596. The van der Waals surface area contributed by atoms with Gasteiger partial charge in [0.05, 0.1) is 36.6 Å². The van der Waals surface area contributed by atoms with Gasteiger partial charge >= 0.3 is 0 Å². The monoisotopic (exact) mass is 1140 g/mol. The van der Waals surface area contributed by atoms with Crippen molar-refractivity contribution < 1.29 is 29.2 Å². The van der Waals surface area contributed by atoms with Gasteiger partial charge in [0.1, 0.15) is 0 Å². The second-order valence-corrected chi connectivity index (χ2v) is 32.0. The summed E-state index contributed by atoms with van der Waals surface area (Å²) < 4.78 is 26.5. The highest BCUT2D eigenvalue weighted by molar-refractivity contribution is 5.85. The Balaban J connectivity index is 0.000000128. The number of halogens is 1. The van der Waals surface area contributed by atoms with E-state index in [-0.39, 0.29) is 87.8 Å². The normalized spacial score (nSPS) is 54.2. The van der Waals surface area contributed by atoms with Crippen molar-refractivity contribution in [2.75, 3.05) is 0 Å². The molecule has 0 radical (unpaired) electrons. The predicted molar refractivity (Wildman–Crippen MR) is 321 cm³/mol. The number of nitrogens with two attached hydrogens (primary N) is 2.